The molecule has 1 fully saturated rings. The van der Waals surface area contributed by atoms with Gasteiger partial charge in [-0.3, -0.25) is 9.78 Å². The Kier molecular flexibility index (Phi) is 3.72. The molecule has 0 radical (unpaired) electrons. The Morgan fingerprint density at radius 3 is 2.90 bits per heavy atom. The number of amides is 1. The monoisotopic (exact) mass is 304 g/mol. The summed E-state index contributed by atoms with van der Waals surface area (Å²) in [6.45, 7) is 2.21. The molecule has 0 saturated heterocycles. The smallest absolute Gasteiger partial charge is 0.253 e. The van der Waals surface area contributed by atoms with E-state index in [1.54, 1.807) is 12.1 Å². The molecule has 1 aromatic carbocycles. The van der Waals surface area contributed by atoms with Gasteiger partial charge in [-0.15, -0.1) is 0 Å². The van der Waals surface area contributed by atoms with Gasteiger partial charge in [-0.25, -0.2) is 0 Å². The van der Waals surface area contributed by atoms with E-state index in [9.17, 15) is 9.90 Å². The molecular weight excluding hydrogens is 288 g/mol. The summed E-state index contributed by atoms with van der Waals surface area (Å²) in [4.78, 5) is 16.5. The standard InChI is InChI=1S/C16H17ClN2O2/c1-9-2-3-12(4-9)19-16(21)11-5-10-6-13(17)15(20)7-14(10)18-8-11/h5-9,12,20H,2-4H2,1H3,(H,19,21). The number of aromatic hydroxyl groups is 1. The lowest BCUT2D eigenvalue weighted by atomic mass is 10.1. The number of phenolic OH excluding ortho intramolecular Hbond substituents is 1. The molecule has 0 aliphatic heterocycles. The van der Waals surface area contributed by atoms with Gasteiger partial charge in [0.2, 0.25) is 0 Å². The van der Waals surface area contributed by atoms with Crippen LogP contribution in [0, 0.1) is 5.92 Å². The lowest BCUT2D eigenvalue weighted by molar-refractivity contribution is 0.0937. The van der Waals surface area contributed by atoms with Crippen LogP contribution in [-0.4, -0.2) is 22.0 Å². The van der Waals surface area contributed by atoms with Crippen molar-refractivity contribution < 1.29 is 9.90 Å². The molecule has 2 atom stereocenters. The van der Waals surface area contributed by atoms with Crippen molar-refractivity contribution in [3.8, 4) is 5.75 Å². The van der Waals surface area contributed by atoms with Crippen LogP contribution >= 0.6 is 11.6 Å². The maximum absolute atomic E-state index is 12.3. The number of pyridine rings is 1. The minimum atomic E-state index is -0.104. The van der Waals surface area contributed by atoms with Crippen molar-refractivity contribution >= 4 is 28.4 Å². The predicted octanol–water partition coefficient (Wildman–Crippen LogP) is 3.51. The van der Waals surface area contributed by atoms with Crippen molar-refractivity contribution in [3.63, 3.8) is 0 Å². The summed E-state index contributed by atoms with van der Waals surface area (Å²) in [5, 5.41) is 13.6. The summed E-state index contributed by atoms with van der Waals surface area (Å²) < 4.78 is 0. The van der Waals surface area contributed by atoms with Crippen LogP contribution in [0.25, 0.3) is 10.9 Å². The van der Waals surface area contributed by atoms with Crippen molar-refractivity contribution in [1.29, 1.82) is 0 Å². The highest BCUT2D eigenvalue weighted by Gasteiger charge is 2.23. The predicted molar refractivity (Wildman–Crippen MR) is 82.7 cm³/mol. The second-order valence-corrected chi connectivity index (χ2v) is 6.22. The first kappa shape index (κ1) is 14.1. The summed E-state index contributed by atoms with van der Waals surface area (Å²) in [5.41, 5.74) is 1.13. The van der Waals surface area contributed by atoms with Crippen LogP contribution < -0.4 is 5.32 Å². The molecule has 4 nitrogen and oxygen atoms in total. The number of hydrogen-bond donors (Lipinski definition) is 2. The first-order chi connectivity index (χ1) is 10.0. The first-order valence-electron chi connectivity index (χ1n) is 7.12. The van der Waals surface area contributed by atoms with E-state index in [1.165, 1.54) is 12.3 Å². The minimum Gasteiger partial charge on any atom is -0.506 e. The molecule has 110 valence electrons. The van der Waals surface area contributed by atoms with Gasteiger partial charge in [0.15, 0.2) is 0 Å². The van der Waals surface area contributed by atoms with E-state index < -0.39 is 0 Å². The van der Waals surface area contributed by atoms with E-state index in [-0.39, 0.29) is 22.7 Å². The minimum absolute atomic E-state index is 0.00573. The van der Waals surface area contributed by atoms with Crippen LogP contribution in [-0.2, 0) is 0 Å². The van der Waals surface area contributed by atoms with Crippen LogP contribution in [0.1, 0.15) is 36.5 Å². The topological polar surface area (TPSA) is 62.2 Å². The number of hydrogen-bond acceptors (Lipinski definition) is 3. The Morgan fingerprint density at radius 1 is 1.38 bits per heavy atom. The Bertz CT molecular complexity index is 702. The molecule has 5 heteroatoms. The fourth-order valence-electron chi connectivity index (χ4n) is 2.87. The quantitative estimate of drug-likeness (QED) is 0.892. The highest BCUT2D eigenvalue weighted by atomic mass is 35.5. The molecule has 2 aromatic rings. The first-order valence-corrected chi connectivity index (χ1v) is 7.50. The number of phenols is 1. The van der Waals surface area contributed by atoms with Crippen LogP contribution in [0.2, 0.25) is 5.02 Å². The fourth-order valence-corrected chi connectivity index (χ4v) is 3.04. The zero-order valence-corrected chi connectivity index (χ0v) is 12.5. The van der Waals surface area contributed by atoms with E-state index in [0.29, 0.717) is 17.0 Å². The van der Waals surface area contributed by atoms with Gasteiger partial charge in [-0.1, -0.05) is 18.5 Å². The molecule has 0 spiro atoms. The largest absolute Gasteiger partial charge is 0.506 e. The molecule has 0 bridgehead atoms. The van der Waals surface area contributed by atoms with E-state index in [4.69, 9.17) is 11.6 Å². The van der Waals surface area contributed by atoms with Crippen LogP contribution in [0.15, 0.2) is 24.4 Å². The van der Waals surface area contributed by atoms with Gasteiger partial charge in [0.05, 0.1) is 16.1 Å². The molecular formula is C16H17ClN2O2. The third kappa shape index (κ3) is 2.95. The van der Waals surface area contributed by atoms with Gasteiger partial charge >= 0.3 is 0 Å². The van der Waals surface area contributed by atoms with Crippen molar-refractivity contribution in [2.24, 2.45) is 5.92 Å². The van der Waals surface area contributed by atoms with Crippen LogP contribution in [0.5, 0.6) is 5.75 Å². The number of rotatable bonds is 2. The Morgan fingerprint density at radius 2 is 2.19 bits per heavy atom. The van der Waals surface area contributed by atoms with Gasteiger partial charge in [-0.05, 0) is 37.3 Å². The summed E-state index contributed by atoms with van der Waals surface area (Å²) in [7, 11) is 0. The number of benzene rings is 1. The average molecular weight is 305 g/mol. The van der Waals surface area contributed by atoms with E-state index >= 15 is 0 Å². The number of fused-ring (bicyclic) bond motifs is 1. The zero-order valence-electron chi connectivity index (χ0n) is 11.8. The molecule has 1 heterocycles. The molecule has 1 aromatic heterocycles. The normalized spacial score (nSPS) is 21.6. The lowest BCUT2D eigenvalue weighted by Gasteiger charge is -2.12. The van der Waals surface area contributed by atoms with Crippen molar-refractivity contribution in [2.45, 2.75) is 32.2 Å². The summed E-state index contributed by atoms with van der Waals surface area (Å²) in [6.07, 6.45) is 4.76. The van der Waals surface area contributed by atoms with Gasteiger partial charge in [0.25, 0.3) is 5.91 Å². The van der Waals surface area contributed by atoms with Crippen molar-refractivity contribution in [1.82, 2.24) is 10.3 Å². The highest BCUT2D eigenvalue weighted by Crippen LogP contribution is 2.28. The third-order valence-corrected chi connectivity index (χ3v) is 4.34. The second kappa shape index (κ2) is 5.53. The molecule has 3 rings (SSSR count). The Hall–Kier alpha value is -1.81. The molecule has 1 aliphatic rings. The van der Waals surface area contributed by atoms with Gasteiger partial charge in [0, 0.05) is 23.7 Å². The highest BCUT2D eigenvalue weighted by molar-refractivity contribution is 6.32. The lowest BCUT2D eigenvalue weighted by Crippen LogP contribution is -2.32. The Labute approximate surface area is 128 Å². The maximum Gasteiger partial charge on any atom is 0.253 e. The molecule has 1 amide bonds. The fraction of sp³-hybridized carbons (Fsp3) is 0.375. The molecule has 2 N–H and O–H groups in total. The third-order valence-electron chi connectivity index (χ3n) is 4.04. The number of aromatic nitrogens is 1. The molecule has 2 unspecified atom stereocenters. The van der Waals surface area contributed by atoms with Gasteiger partial charge < -0.3 is 10.4 Å². The van der Waals surface area contributed by atoms with Crippen LogP contribution in [0.4, 0.5) is 0 Å². The van der Waals surface area contributed by atoms with E-state index in [0.717, 1.165) is 24.6 Å². The SMILES string of the molecule is CC1CCC(NC(=O)c2cnc3cc(O)c(Cl)cc3c2)C1. The number of carbonyl (C=O) groups is 1. The summed E-state index contributed by atoms with van der Waals surface area (Å²) in [6, 6.07) is 5.12. The van der Waals surface area contributed by atoms with Gasteiger partial charge in [-0.2, -0.15) is 0 Å². The average Bonchev–Trinajstić information content (AvgIpc) is 2.85. The maximum atomic E-state index is 12.3. The number of carbonyl (C=O) groups excluding carboxylic acids is 1. The second-order valence-electron chi connectivity index (χ2n) is 5.81. The molecule has 1 aliphatic carbocycles. The summed E-state index contributed by atoms with van der Waals surface area (Å²) in [5.74, 6) is 0.563. The van der Waals surface area contributed by atoms with Crippen molar-refractivity contribution in [2.75, 3.05) is 0 Å². The molecule has 1 saturated carbocycles. The number of halogens is 1. The summed E-state index contributed by atoms with van der Waals surface area (Å²) >= 11 is 5.89. The molecule has 21 heavy (non-hydrogen) atoms. The van der Waals surface area contributed by atoms with Gasteiger partial charge in [0.1, 0.15) is 5.75 Å². The number of nitrogens with one attached hydrogen (secondary N) is 1. The zero-order chi connectivity index (χ0) is 15.0. The van der Waals surface area contributed by atoms with E-state index in [2.05, 4.69) is 17.2 Å². The van der Waals surface area contributed by atoms with Crippen molar-refractivity contribution in [3.05, 3.63) is 35.0 Å². The van der Waals surface area contributed by atoms with E-state index in [1.807, 2.05) is 0 Å². The van der Waals surface area contributed by atoms with Crippen LogP contribution in [0.3, 0.4) is 0 Å². The Balaban J connectivity index is 1.83. The number of nitrogens with zero attached hydrogens (tertiary/aromatic N) is 1.